The standard InChI is InChI=1S/C33H37NO5S2/c1-3-4-22-41(36,37)39-28-15-11-26(12-16-28)33-31(29-17-8-24(2)23-30(29)40-33)32(35)25-9-13-27(14-10-25)38-21-20-34-18-6-5-7-19-34/h8-17,23H,3-7,18-22H2,1-2H3. The van der Waals surface area contributed by atoms with E-state index in [1.54, 1.807) is 23.5 Å². The number of rotatable bonds is 12. The van der Waals surface area contributed by atoms with Gasteiger partial charge in [0.25, 0.3) is 0 Å². The van der Waals surface area contributed by atoms with Crippen molar-refractivity contribution in [3.05, 3.63) is 83.4 Å². The quantitative estimate of drug-likeness (QED) is 0.126. The van der Waals surface area contributed by atoms with E-state index in [1.807, 2.05) is 62.4 Å². The highest BCUT2D eigenvalue weighted by Crippen LogP contribution is 2.41. The fraction of sp³-hybridized carbons (Fsp3) is 0.364. The van der Waals surface area contributed by atoms with Crippen LogP contribution < -0.4 is 8.92 Å². The summed E-state index contributed by atoms with van der Waals surface area (Å²) in [6.45, 7) is 7.80. The third kappa shape index (κ3) is 7.36. The Morgan fingerprint density at radius 1 is 0.927 bits per heavy atom. The van der Waals surface area contributed by atoms with Crippen LogP contribution in [0.15, 0.2) is 66.7 Å². The van der Waals surface area contributed by atoms with Crippen molar-refractivity contribution >= 4 is 37.3 Å². The van der Waals surface area contributed by atoms with Crippen LogP contribution in [-0.2, 0) is 10.1 Å². The van der Waals surface area contributed by atoms with Crippen LogP contribution in [0.2, 0.25) is 0 Å². The van der Waals surface area contributed by atoms with Crippen LogP contribution in [0.1, 0.15) is 60.5 Å². The summed E-state index contributed by atoms with van der Waals surface area (Å²) >= 11 is 1.56. The smallest absolute Gasteiger partial charge is 0.309 e. The Hall–Kier alpha value is -3.20. The Morgan fingerprint density at radius 2 is 1.63 bits per heavy atom. The van der Waals surface area contributed by atoms with Gasteiger partial charge < -0.3 is 8.92 Å². The number of hydrogen-bond donors (Lipinski definition) is 0. The maximum atomic E-state index is 13.9. The molecule has 0 saturated carbocycles. The number of unbranched alkanes of at least 4 members (excludes halogenated alkanes) is 1. The number of piperidine rings is 1. The highest BCUT2D eigenvalue weighted by molar-refractivity contribution is 7.87. The minimum atomic E-state index is -3.64. The summed E-state index contributed by atoms with van der Waals surface area (Å²) in [7, 11) is -3.64. The summed E-state index contributed by atoms with van der Waals surface area (Å²) in [5.74, 6) is 0.957. The van der Waals surface area contributed by atoms with Gasteiger partial charge in [0.15, 0.2) is 5.78 Å². The molecular weight excluding hydrogens is 554 g/mol. The molecule has 2 heterocycles. The number of nitrogens with zero attached hydrogens (tertiary/aromatic N) is 1. The molecule has 5 rings (SSSR count). The van der Waals surface area contributed by atoms with Crippen LogP contribution in [0.4, 0.5) is 0 Å². The van der Waals surface area contributed by atoms with Crippen LogP contribution in [0.5, 0.6) is 11.5 Å². The van der Waals surface area contributed by atoms with Gasteiger partial charge in [-0.15, -0.1) is 11.3 Å². The van der Waals surface area contributed by atoms with Crippen molar-refractivity contribution in [2.75, 3.05) is 32.0 Å². The molecular formula is C33H37NO5S2. The van der Waals surface area contributed by atoms with E-state index < -0.39 is 10.1 Å². The van der Waals surface area contributed by atoms with Crippen molar-refractivity contribution in [1.82, 2.24) is 4.90 Å². The van der Waals surface area contributed by atoms with Crippen molar-refractivity contribution in [2.45, 2.75) is 46.0 Å². The molecule has 0 unspecified atom stereocenters. The molecule has 216 valence electrons. The molecule has 4 aromatic rings. The fourth-order valence-corrected chi connectivity index (χ4v) is 7.56. The molecule has 3 aromatic carbocycles. The average molecular weight is 592 g/mol. The molecule has 0 bridgehead atoms. The van der Waals surface area contributed by atoms with E-state index in [-0.39, 0.29) is 17.3 Å². The Bertz CT molecular complexity index is 1590. The highest BCUT2D eigenvalue weighted by Gasteiger charge is 2.22. The van der Waals surface area contributed by atoms with Crippen molar-refractivity contribution < 1.29 is 22.1 Å². The molecule has 1 aliphatic heterocycles. The lowest BCUT2D eigenvalue weighted by Crippen LogP contribution is -2.33. The van der Waals surface area contributed by atoms with E-state index in [0.717, 1.165) is 57.9 Å². The fourth-order valence-electron chi connectivity index (χ4n) is 5.13. The van der Waals surface area contributed by atoms with Gasteiger partial charge in [0, 0.05) is 32.6 Å². The van der Waals surface area contributed by atoms with E-state index in [9.17, 15) is 13.2 Å². The summed E-state index contributed by atoms with van der Waals surface area (Å²) in [4.78, 5) is 17.2. The first-order valence-corrected chi connectivity index (χ1v) is 16.8. The third-order valence-corrected chi connectivity index (χ3v) is 9.84. The Kier molecular flexibility index (Phi) is 9.42. The number of ketones is 1. The zero-order chi connectivity index (χ0) is 28.8. The lowest BCUT2D eigenvalue weighted by molar-refractivity contribution is 0.104. The summed E-state index contributed by atoms with van der Waals surface area (Å²) in [5, 5.41) is 0.907. The zero-order valence-electron chi connectivity index (χ0n) is 23.7. The minimum absolute atomic E-state index is 0.0121. The Balaban J connectivity index is 1.37. The normalized spacial score (nSPS) is 14.3. The first kappa shape index (κ1) is 29.3. The van der Waals surface area contributed by atoms with Crippen molar-refractivity contribution in [3.63, 3.8) is 0 Å². The van der Waals surface area contributed by atoms with Gasteiger partial charge >= 0.3 is 10.1 Å². The van der Waals surface area contributed by atoms with Gasteiger partial charge in [0.05, 0.1) is 5.75 Å². The molecule has 1 aliphatic rings. The Morgan fingerprint density at radius 3 is 2.34 bits per heavy atom. The van der Waals surface area contributed by atoms with Crippen LogP contribution in [0.3, 0.4) is 0 Å². The van der Waals surface area contributed by atoms with Crippen LogP contribution in [-0.4, -0.2) is 51.1 Å². The molecule has 0 atom stereocenters. The Labute approximate surface area is 247 Å². The molecule has 41 heavy (non-hydrogen) atoms. The second-order valence-corrected chi connectivity index (χ2v) is 13.4. The van der Waals surface area contributed by atoms with E-state index >= 15 is 0 Å². The molecule has 1 fully saturated rings. The molecule has 0 amide bonds. The van der Waals surface area contributed by atoms with Gasteiger partial charge in [-0.3, -0.25) is 9.69 Å². The van der Waals surface area contributed by atoms with E-state index in [1.165, 1.54) is 19.3 Å². The predicted octanol–water partition coefficient (Wildman–Crippen LogP) is 7.48. The molecule has 8 heteroatoms. The van der Waals surface area contributed by atoms with Gasteiger partial charge in [0.2, 0.25) is 0 Å². The summed E-state index contributed by atoms with van der Waals surface area (Å²) < 4.78 is 36.8. The van der Waals surface area contributed by atoms with Crippen LogP contribution in [0.25, 0.3) is 20.5 Å². The van der Waals surface area contributed by atoms with Gasteiger partial charge in [-0.25, -0.2) is 0 Å². The van der Waals surface area contributed by atoms with Gasteiger partial charge in [-0.1, -0.05) is 31.9 Å². The second kappa shape index (κ2) is 13.2. The molecule has 0 aliphatic carbocycles. The second-order valence-electron chi connectivity index (χ2n) is 10.6. The number of hydrogen-bond acceptors (Lipinski definition) is 7. The first-order chi connectivity index (χ1) is 19.8. The van der Waals surface area contributed by atoms with Crippen molar-refractivity contribution in [3.8, 4) is 21.9 Å². The van der Waals surface area contributed by atoms with Crippen molar-refractivity contribution in [1.29, 1.82) is 0 Å². The number of benzene rings is 3. The largest absolute Gasteiger partial charge is 0.492 e. The van der Waals surface area contributed by atoms with Gasteiger partial charge in [-0.2, -0.15) is 8.42 Å². The monoisotopic (exact) mass is 591 g/mol. The van der Waals surface area contributed by atoms with Crippen molar-refractivity contribution in [2.24, 2.45) is 0 Å². The lowest BCUT2D eigenvalue weighted by Gasteiger charge is -2.26. The summed E-state index contributed by atoms with van der Waals surface area (Å²) in [6.07, 6.45) is 5.16. The van der Waals surface area contributed by atoms with Gasteiger partial charge in [0.1, 0.15) is 18.1 Å². The minimum Gasteiger partial charge on any atom is -0.492 e. The van der Waals surface area contributed by atoms with E-state index in [2.05, 4.69) is 11.0 Å². The number of ether oxygens (including phenoxy) is 1. The number of carbonyl (C=O) groups excluding carboxylic acids is 1. The number of aryl methyl sites for hydroxylation is 1. The highest BCUT2D eigenvalue weighted by atomic mass is 32.2. The molecule has 1 aromatic heterocycles. The number of carbonyl (C=O) groups is 1. The van der Waals surface area contributed by atoms with Gasteiger partial charge in [-0.05, 0) is 105 Å². The van der Waals surface area contributed by atoms with Crippen LogP contribution >= 0.6 is 11.3 Å². The molecule has 0 radical (unpaired) electrons. The maximum absolute atomic E-state index is 13.9. The number of likely N-dealkylation sites (tertiary alicyclic amines) is 1. The third-order valence-electron chi connectivity index (χ3n) is 7.40. The summed E-state index contributed by atoms with van der Waals surface area (Å²) in [6, 6.07) is 20.5. The molecule has 1 saturated heterocycles. The SMILES string of the molecule is CCCCS(=O)(=O)Oc1ccc(-c2sc3cc(C)ccc3c2C(=O)c2ccc(OCCN3CCCCC3)cc2)cc1. The molecule has 0 spiro atoms. The number of fused-ring (bicyclic) bond motifs is 1. The molecule has 0 N–H and O–H groups in total. The topological polar surface area (TPSA) is 72.9 Å². The zero-order valence-corrected chi connectivity index (χ0v) is 25.4. The van der Waals surface area contributed by atoms with Crippen LogP contribution in [0, 0.1) is 6.92 Å². The number of thiophene rings is 1. The lowest BCUT2D eigenvalue weighted by atomic mass is 9.97. The van der Waals surface area contributed by atoms with E-state index in [4.69, 9.17) is 8.92 Å². The average Bonchev–Trinajstić information content (AvgIpc) is 3.35. The maximum Gasteiger partial charge on any atom is 0.309 e. The molecule has 6 nitrogen and oxygen atoms in total. The summed E-state index contributed by atoms with van der Waals surface area (Å²) in [5.41, 5.74) is 3.20. The van der Waals surface area contributed by atoms with E-state index in [0.29, 0.717) is 24.2 Å². The predicted molar refractivity (Wildman–Crippen MR) is 167 cm³/mol. The first-order valence-electron chi connectivity index (χ1n) is 14.4.